The van der Waals surface area contributed by atoms with Gasteiger partial charge in [-0.15, -0.1) is 0 Å². The Morgan fingerprint density at radius 2 is 1.87 bits per heavy atom. The molecule has 2 heterocycles. The molecule has 0 radical (unpaired) electrons. The monoisotopic (exact) mass is 372 g/mol. The summed E-state index contributed by atoms with van der Waals surface area (Å²) in [4.78, 5) is 8.28. The quantitative estimate of drug-likeness (QED) is 0.702. The van der Waals surface area contributed by atoms with Crippen LogP contribution in [0.4, 0.5) is 0 Å². The van der Waals surface area contributed by atoms with Crippen LogP contribution in [0.1, 0.15) is 24.6 Å². The Morgan fingerprint density at radius 1 is 1.09 bits per heavy atom. The molecular weight excluding hydrogens is 356 g/mol. The lowest BCUT2D eigenvalue weighted by Gasteiger charge is -2.19. The number of nitrogens with one attached hydrogen (secondary N) is 1. The minimum atomic E-state index is 0.430. The summed E-state index contributed by atoms with van der Waals surface area (Å²) in [6.45, 7) is 1.61. The average molecular weight is 373 g/mol. The van der Waals surface area contributed by atoms with E-state index in [2.05, 4.69) is 20.9 Å². The van der Waals surface area contributed by atoms with E-state index in [0.29, 0.717) is 5.92 Å². The van der Waals surface area contributed by atoms with Gasteiger partial charge in [0.25, 0.3) is 0 Å². The maximum atomic E-state index is 6.07. The lowest BCUT2D eigenvalue weighted by molar-refractivity contribution is 0.0838. The summed E-state index contributed by atoms with van der Waals surface area (Å²) in [5.74, 6) is 3.01. The summed E-state index contributed by atoms with van der Waals surface area (Å²) >= 11 is 3.58. The first-order valence-electron chi connectivity index (χ1n) is 7.80. The van der Waals surface area contributed by atoms with Crippen molar-refractivity contribution in [2.45, 2.75) is 18.8 Å². The van der Waals surface area contributed by atoms with Crippen LogP contribution in [0, 0.1) is 0 Å². The van der Waals surface area contributed by atoms with Gasteiger partial charge in [0.15, 0.2) is 5.75 Å². The molecule has 0 saturated carbocycles. The van der Waals surface area contributed by atoms with Gasteiger partial charge in [-0.05, 0) is 53.0 Å². The second-order valence-electron chi connectivity index (χ2n) is 5.70. The van der Waals surface area contributed by atoms with E-state index in [9.17, 15) is 0 Å². The highest BCUT2D eigenvalue weighted by Crippen LogP contribution is 2.37. The maximum absolute atomic E-state index is 6.07. The van der Waals surface area contributed by atoms with Crippen molar-refractivity contribution in [2.24, 2.45) is 0 Å². The molecule has 1 N–H and O–H groups in total. The van der Waals surface area contributed by atoms with Gasteiger partial charge in [0.05, 0.1) is 9.99 Å². The number of hydrogen-bond donors (Lipinski definition) is 1. The van der Waals surface area contributed by atoms with Crippen LogP contribution in [-0.4, -0.2) is 23.2 Å². The highest BCUT2D eigenvalue weighted by molar-refractivity contribution is 9.10. The van der Waals surface area contributed by atoms with Crippen molar-refractivity contribution < 1.29 is 9.47 Å². The van der Waals surface area contributed by atoms with Crippen molar-refractivity contribution in [1.29, 1.82) is 0 Å². The van der Waals surface area contributed by atoms with E-state index in [1.54, 1.807) is 0 Å². The highest BCUT2D eigenvalue weighted by Gasteiger charge is 2.21. The normalized spacial score (nSPS) is 15.9. The molecule has 23 heavy (non-hydrogen) atoms. The van der Waals surface area contributed by atoms with Crippen LogP contribution in [0.15, 0.2) is 46.9 Å². The van der Waals surface area contributed by atoms with E-state index in [4.69, 9.17) is 14.5 Å². The third-order valence-electron chi connectivity index (χ3n) is 4.15. The van der Waals surface area contributed by atoms with Crippen LogP contribution in [0.3, 0.4) is 0 Å². The molecule has 0 bridgehead atoms. The molecule has 0 aliphatic carbocycles. The van der Waals surface area contributed by atoms with Crippen LogP contribution in [0.2, 0.25) is 0 Å². The Morgan fingerprint density at radius 3 is 2.65 bits per heavy atom. The summed E-state index contributed by atoms with van der Waals surface area (Å²) in [5.41, 5.74) is 1.87. The SMILES string of the molecule is Brc1ccc2[nH]c(C3CCOCC3)nc2c1Oc1ccccc1. The molecule has 1 fully saturated rings. The zero-order chi connectivity index (χ0) is 15.6. The predicted octanol–water partition coefficient (Wildman–Crippen LogP) is 5.01. The average Bonchev–Trinajstić information content (AvgIpc) is 3.04. The van der Waals surface area contributed by atoms with Crippen LogP contribution < -0.4 is 4.74 Å². The second-order valence-corrected chi connectivity index (χ2v) is 6.55. The minimum Gasteiger partial charge on any atom is -0.454 e. The molecule has 1 saturated heterocycles. The van der Waals surface area contributed by atoms with Gasteiger partial charge in [-0.2, -0.15) is 0 Å². The van der Waals surface area contributed by atoms with Crippen LogP contribution >= 0.6 is 15.9 Å². The van der Waals surface area contributed by atoms with Crippen LogP contribution in [0.5, 0.6) is 11.5 Å². The predicted molar refractivity (Wildman–Crippen MR) is 93.1 cm³/mol. The molecule has 0 unspecified atom stereocenters. The fourth-order valence-corrected chi connectivity index (χ4v) is 3.31. The summed E-state index contributed by atoms with van der Waals surface area (Å²) in [6.07, 6.45) is 2.02. The summed E-state index contributed by atoms with van der Waals surface area (Å²) < 4.78 is 12.4. The second kappa shape index (κ2) is 6.34. The van der Waals surface area contributed by atoms with E-state index in [1.807, 2.05) is 42.5 Å². The third kappa shape index (κ3) is 2.99. The molecule has 0 spiro atoms. The molecule has 0 amide bonds. The number of H-pyrrole nitrogens is 1. The molecule has 1 aliphatic rings. The zero-order valence-corrected chi connectivity index (χ0v) is 14.2. The molecule has 4 nitrogen and oxygen atoms in total. The van der Waals surface area contributed by atoms with Gasteiger partial charge in [-0.1, -0.05) is 18.2 Å². The summed E-state index contributed by atoms with van der Waals surface area (Å²) in [6, 6.07) is 13.8. The van der Waals surface area contributed by atoms with E-state index in [1.165, 1.54) is 0 Å². The minimum absolute atomic E-state index is 0.430. The van der Waals surface area contributed by atoms with Crippen molar-refractivity contribution in [1.82, 2.24) is 9.97 Å². The number of hydrogen-bond acceptors (Lipinski definition) is 3. The molecule has 3 aromatic rings. The van der Waals surface area contributed by atoms with Crippen molar-refractivity contribution >= 4 is 27.0 Å². The Bertz CT molecular complexity index is 811. The number of fused-ring (bicyclic) bond motifs is 1. The van der Waals surface area contributed by atoms with Gasteiger partial charge in [0.1, 0.15) is 17.1 Å². The van der Waals surface area contributed by atoms with Gasteiger partial charge in [-0.3, -0.25) is 0 Å². The molecular formula is C18H17BrN2O2. The molecule has 118 valence electrons. The fraction of sp³-hybridized carbons (Fsp3) is 0.278. The molecule has 1 aromatic heterocycles. The first-order valence-corrected chi connectivity index (χ1v) is 8.59. The highest BCUT2D eigenvalue weighted by atomic mass is 79.9. The standard InChI is InChI=1S/C18H17BrN2O2/c19-14-6-7-15-16(17(14)23-13-4-2-1-3-5-13)21-18(20-15)12-8-10-22-11-9-12/h1-7,12H,8-11H2,(H,20,21). The molecule has 5 heteroatoms. The topological polar surface area (TPSA) is 47.1 Å². The van der Waals surface area contributed by atoms with Crippen LogP contribution in [0.25, 0.3) is 11.0 Å². The number of imidazole rings is 1. The lowest BCUT2D eigenvalue weighted by atomic mass is 10.00. The molecule has 1 aliphatic heterocycles. The Balaban J connectivity index is 1.74. The molecule has 2 aromatic carbocycles. The summed E-state index contributed by atoms with van der Waals surface area (Å²) in [7, 11) is 0. The van der Waals surface area contributed by atoms with E-state index in [-0.39, 0.29) is 0 Å². The number of halogens is 1. The fourth-order valence-electron chi connectivity index (χ4n) is 2.91. The zero-order valence-electron chi connectivity index (χ0n) is 12.6. The molecule has 0 atom stereocenters. The van der Waals surface area contributed by atoms with Gasteiger partial charge >= 0.3 is 0 Å². The maximum Gasteiger partial charge on any atom is 0.169 e. The van der Waals surface area contributed by atoms with Gasteiger partial charge in [0.2, 0.25) is 0 Å². The number of aromatic nitrogens is 2. The van der Waals surface area contributed by atoms with E-state index < -0.39 is 0 Å². The number of aromatic amines is 1. The Hall–Kier alpha value is -1.85. The van der Waals surface area contributed by atoms with Crippen molar-refractivity contribution in [3.05, 3.63) is 52.8 Å². The number of para-hydroxylation sites is 1. The number of nitrogens with zero attached hydrogens (tertiary/aromatic N) is 1. The first-order chi connectivity index (χ1) is 11.3. The van der Waals surface area contributed by atoms with Gasteiger partial charge in [0, 0.05) is 19.1 Å². The molecule has 4 rings (SSSR count). The van der Waals surface area contributed by atoms with Gasteiger partial charge < -0.3 is 14.5 Å². The smallest absolute Gasteiger partial charge is 0.169 e. The number of ether oxygens (including phenoxy) is 2. The Labute approximate surface area is 143 Å². The lowest BCUT2D eigenvalue weighted by Crippen LogP contribution is -2.15. The van der Waals surface area contributed by atoms with E-state index >= 15 is 0 Å². The third-order valence-corrected chi connectivity index (χ3v) is 4.77. The van der Waals surface area contributed by atoms with Crippen molar-refractivity contribution in [2.75, 3.05) is 13.2 Å². The van der Waals surface area contributed by atoms with Gasteiger partial charge in [-0.25, -0.2) is 4.98 Å². The number of benzene rings is 2. The van der Waals surface area contributed by atoms with E-state index in [0.717, 1.165) is 58.9 Å². The van der Waals surface area contributed by atoms with Crippen molar-refractivity contribution in [3.63, 3.8) is 0 Å². The van der Waals surface area contributed by atoms with Crippen LogP contribution in [-0.2, 0) is 4.74 Å². The number of rotatable bonds is 3. The Kier molecular flexibility index (Phi) is 4.06. The summed E-state index contributed by atoms with van der Waals surface area (Å²) in [5, 5.41) is 0. The van der Waals surface area contributed by atoms with Crippen molar-refractivity contribution in [3.8, 4) is 11.5 Å². The first kappa shape index (κ1) is 14.7. The largest absolute Gasteiger partial charge is 0.454 e.